The van der Waals surface area contributed by atoms with Gasteiger partial charge in [0.15, 0.2) is 0 Å². The summed E-state index contributed by atoms with van der Waals surface area (Å²) in [5, 5.41) is 8.84. The van der Waals surface area contributed by atoms with E-state index < -0.39 is 0 Å². The van der Waals surface area contributed by atoms with E-state index in [9.17, 15) is 4.79 Å². The molecule has 0 aliphatic heterocycles. The molecule has 0 saturated carbocycles. The van der Waals surface area contributed by atoms with Crippen molar-refractivity contribution >= 4 is 34.2 Å². The van der Waals surface area contributed by atoms with Crippen molar-refractivity contribution in [3.8, 4) is 0 Å². The molecule has 1 amide bonds. The molecule has 0 atom stereocenters. The van der Waals surface area contributed by atoms with Gasteiger partial charge in [0.1, 0.15) is 6.33 Å². The van der Waals surface area contributed by atoms with E-state index in [1.807, 2.05) is 24.3 Å². The zero-order chi connectivity index (χ0) is 10.7. The third-order valence-corrected chi connectivity index (χ3v) is 2.69. The van der Waals surface area contributed by atoms with E-state index in [1.54, 1.807) is 0 Å². The number of nitrogens with zero attached hydrogens (tertiary/aromatic N) is 2. The number of rotatable bonds is 2. The maximum atomic E-state index is 11.6. The molecule has 5 nitrogen and oxygen atoms in total. The number of halogens is 1. The second-order valence-electron chi connectivity index (χ2n) is 2.77. The molecule has 0 saturated heterocycles. The Morgan fingerprint density at radius 1 is 1.40 bits per heavy atom. The minimum absolute atomic E-state index is 0.203. The van der Waals surface area contributed by atoms with Crippen molar-refractivity contribution in [2.24, 2.45) is 0 Å². The van der Waals surface area contributed by atoms with Gasteiger partial charge >= 0.3 is 0 Å². The number of carbonyl (C=O) groups is 1. The summed E-state index contributed by atoms with van der Waals surface area (Å²) in [4.78, 5) is 15.3. The van der Waals surface area contributed by atoms with E-state index >= 15 is 0 Å². The summed E-state index contributed by atoms with van der Waals surface area (Å²) in [6.45, 7) is 0. The second-order valence-corrected chi connectivity index (χ2v) is 3.93. The van der Waals surface area contributed by atoms with Gasteiger partial charge in [-0.3, -0.25) is 9.89 Å². The van der Waals surface area contributed by atoms with Gasteiger partial charge in [-0.05, 0) is 34.7 Å². The summed E-state index contributed by atoms with van der Waals surface area (Å²) in [6.07, 6.45) is 1.30. The fourth-order valence-corrected chi connectivity index (χ4v) is 1.58. The summed E-state index contributed by atoms with van der Waals surface area (Å²) < 4.78 is 0.975. The Bertz CT molecular complexity index is 469. The molecule has 0 unspecified atom stereocenters. The van der Waals surface area contributed by atoms with E-state index in [0.717, 1.165) is 9.26 Å². The number of benzene rings is 1. The average Bonchev–Trinajstić information content (AvgIpc) is 2.74. The highest BCUT2D eigenvalue weighted by atomic mass is 127. The number of anilines is 1. The van der Waals surface area contributed by atoms with Crippen LogP contribution in [0.2, 0.25) is 0 Å². The second kappa shape index (κ2) is 4.39. The van der Waals surface area contributed by atoms with E-state index in [2.05, 4.69) is 43.1 Å². The fraction of sp³-hybridized carbons (Fsp3) is 0. The van der Waals surface area contributed by atoms with E-state index in [-0.39, 0.29) is 11.7 Å². The van der Waals surface area contributed by atoms with Crippen LogP contribution in [0.1, 0.15) is 10.6 Å². The number of amides is 1. The van der Waals surface area contributed by atoms with Gasteiger partial charge in [0.25, 0.3) is 5.91 Å². The first kappa shape index (κ1) is 10.1. The van der Waals surface area contributed by atoms with Crippen molar-refractivity contribution in [2.45, 2.75) is 0 Å². The van der Waals surface area contributed by atoms with Crippen LogP contribution in [0.3, 0.4) is 0 Å². The molecule has 0 fully saturated rings. The molecular formula is C9H7IN4O. The molecule has 6 heteroatoms. The molecule has 2 rings (SSSR count). The summed E-state index contributed by atoms with van der Waals surface area (Å²) >= 11 is 2.15. The van der Waals surface area contributed by atoms with Gasteiger partial charge in [-0.25, -0.2) is 4.98 Å². The number of H-pyrrole nitrogens is 1. The summed E-state index contributed by atoms with van der Waals surface area (Å²) in [7, 11) is 0. The van der Waals surface area contributed by atoms with Crippen LogP contribution in [0.5, 0.6) is 0 Å². The Hall–Kier alpha value is -1.44. The van der Waals surface area contributed by atoms with Gasteiger partial charge in [-0.2, -0.15) is 5.10 Å². The van der Waals surface area contributed by atoms with Crippen molar-refractivity contribution in [3.63, 3.8) is 0 Å². The van der Waals surface area contributed by atoms with E-state index in [1.165, 1.54) is 6.33 Å². The Balaban J connectivity index is 2.17. The summed E-state index contributed by atoms with van der Waals surface area (Å²) in [6, 6.07) is 7.51. The first-order chi connectivity index (χ1) is 7.27. The molecule has 0 radical (unpaired) electrons. The highest BCUT2D eigenvalue weighted by Gasteiger charge is 2.09. The monoisotopic (exact) mass is 314 g/mol. The Morgan fingerprint density at radius 3 is 2.87 bits per heavy atom. The topological polar surface area (TPSA) is 70.7 Å². The molecule has 2 aromatic rings. The minimum Gasteiger partial charge on any atom is -0.318 e. The average molecular weight is 314 g/mol. The molecule has 1 heterocycles. The molecule has 0 bridgehead atoms. The van der Waals surface area contributed by atoms with Crippen LogP contribution in [0, 0.1) is 3.57 Å². The molecular weight excluding hydrogens is 307 g/mol. The number of aromatic amines is 1. The maximum Gasteiger partial charge on any atom is 0.293 e. The lowest BCUT2D eigenvalue weighted by Gasteiger charge is -2.04. The molecule has 76 valence electrons. The van der Waals surface area contributed by atoms with E-state index in [0.29, 0.717) is 0 Å². The summed E-state index contributed by atoms with van der Waals surface area (Å²) in [5.41, 5.74) is 0.763. The highest BCUT2D eigenvalue weighted by molar-refractivity contribution is 14.1. The Kier molecular flexibility index (Phi) is 2.95. The SMILES string of the molecule is O=C(Nc1ccccc1I)c1ncn[nH]1. The van der Waals surface area contributed by atoms with Crippen molar-refractivity contribution < 1.29 is 4.79 Å². The minimum atomic E-state index is -0.295. The maximum absolute atomic E-state index is 11.6. The molecule has 15 heavy (non-hydrogen) atoms. The van der Waals surface area contributed by atoms with E-state index in [4.69, 9.17) is 0 Å². The number of carbonyl (C=O) groups excluding carboxylic acids is 1. The Morgan fingerprint density at radius 2 is 2.20 bits per heavy atom. The highest BCUT2D eigenvalue weighted by Crippen LogP contribution is 2.17. The zero-order valence-corrected chi connectivity index (χ0v) is 9.72. The number of hydrogen-bond donors (Lipinski definition) is 2. The standard InChI is InChI=1S/C9H7IN4O/c10-6-3-1-2-4-7(6)13-9(15)8-11-5-12-14-8/h1-5H,(H,13,15)(H,11,12,14). The number of hydrogen-bond acceptors (Lipinski definition) is 3. The predicted octanol–water partition coefficient (Wildman–Crippen LogP) is 1.66. The van der Waals surface area contributed by atoms with Gasteiger partial charge in [0.2, 0.25) is 5.82 Å². The number of nitrogens with one attached hydrogen (secondary N) is 2. The van der Waals surface area contributed by atoms with Crippen LogP contribution in [-0.2, 0) is 0 Å². The van der Waals surface area contributed by atoms with Gasteiger partial charge < -0.3 is 5.32 Å². The predicted molar refractivity (Wildman–Crippen MR) is 63.5 cm³/mol. The molecule has 0 aliphatic rings. The first-order valence-electron chi connectivity index (χ1n) is 4.18. The molecule has 1 aromatic carbocycles. The van der Waals surface area contributed by atoms with Crippen LogP contribution >= 0.6 is 22.6 Å². The number of aromatic nitrogens is 3. The van der Waals surface area contributed by atoms with Crippen LogP contribution in [0.25, 0.3) is 0 Å². The fourth-order valence-electron chi connectivity index (χ4n) is 1.06. The van der Waals surface area contributed by atoms with Gasteiger partial charge in [0, 0.05) is 3.57 Å². The molecule has 0 aliphatic carbocycles. The smallest absolute Gasteiger partial charge is 0.293 e. The Labute approximate surface area is 99.4 Å². The van der Waals surface area contributed by atoms with Crippen molar-refractivity contribution in [3.05, 3.63) is 40.0 Å². The third-order valence-electron chi connectivity index (χ3n) is 1.75. The van der Waals surface area contributed by atoms with Gasteiger partial charge in [-0.1, -0.05) is 12.1 Å². The quantitative estimate of drug-likeness (QED) is 0.828. The van der Waals surface area contributed by atoms with Gasteiger partial charge in [0.05, 0.1) is 5.69 Å². The van der Waals surface area contributed by atoms with Crippen molar-refractivity contribution in [2.75, 3.05) is 5.32 Å². The van der Waals surface area contributed by atoms with Crippen LogP contribution in [0.15, 0.2) is 30.6 Å². The third kappa shape index (κ3) is 2.32. The normalized spacial score (nSPS) is 9.93. The molecule has 2 N–H and O–H groups in total. The zero-order valence-electron chi connectivity index (χ0n) is 7.57. The largest absolute Gasteiger partial charge is 0.318 e. The lowest BCUT2D eigenvalue weighted by Crippen LogP contribution is -2.14. The summed E-state index contributed by atoms with van der Waals surface area (Å²) in [5.74, 6) is -0.0914. The molecule has 1 aromatic heterocycles. The lowest BCUT2D eigenvalue weighted by molar-refractivity contribution is 0.101. The lowest BCUT2D eigenvalue weighted by atomic mass is 10.3. The number of para-hydroxylation sites is 1. The first-order valence-corrected chi connectivity index (χ1v) is 5.26. The van der Waals surface area contributed by atoms with Crippen molar-refractivity contribution in [1.29, 1.82) is 0 Å². The van der Waals surface area contributed by atoms with Crippen LogP contribution in [0.4, 0.5) is 5.69 Å². The molecule has 0 spiro atoms. The van der Waals surface area contributed by atoms with Crippen LogP contribution in [-0.4, -0.2) is 21.1 Å². The van der Waals surface area contributed by atoms with Crippen LogP contribution < -0.4 is 5.32 Å². The van der Waals surface area contributed by atoms with Crippen molar-refractivity contribution in [1.82, 2.24) is 15.2 Å². The van der Waals surface area contributed by atoms with Gasteiger partial charge in [-0.15, -0.1) is 0 Å².